The SMILES string of the molecule is COc1ccccc1N1CCN(c2cc(NCc3ccccn3)ncn2)CC1. The van der Waals surface area contributed by atoms with Crippen molar-refractivity contribution in [2.24, 2.45) is 0 Å². The van der Waals surface area contributed by atoms with Crippen molar-refractivity contribution in [2.45, 2.75) is 6.54 Å². The fraction of sp³-hybridized carbons (Fsp3) is 0.286. The van der Waals surface area contributed by atoms with Gasteiger partial charge in [-0.1, -0.05) is 18.2 Å². The lowest BCUT2D eigenvalue weighted by molar-refractivity contribution is 0.413. The molecule has 7 heteroatoms. The molecule has 3 aromatic rings. The lowest BCUT2D eigenvalue weighted by Gasteiger charge is -2.37. The molecule has 0 atom stereocenters. The Bertz CT molecular complexity index is 896. The standard InChI is InChI=1S/C21H24N6O/c1-28-19-8-3-2-7-18(19)26-10-12-27(13-11-26)21-14-20(24-16-25-21)23-15-17-6-4-5-9-22-17/h2-9,14,16H,10-13,15H2,1H3,(H,23,24,25). The van der Waals surface area contributed by atoms with Gasteiger partial charge in [0.05, 0.1) is 25.0 Å². The fourth-order valence-electron chi connectivity index (χ4n) is 3.37. The fourth-order valence-corrected chi connectivity index (χ4v) is 3.37. The molecule has 1 fully saturated rings. The summed E-state index contributed by atoms with van der Waals surface area (Å²) in [4.78, 5) is 17.8. The number of ether oxygens (including phenoxy) is 1. The number of hydrogen-bond acceptors (Lipinski definition) is 7. The number of para-hydroxylation sites is 2. The van der Waals surface area contributed by atoms with Crippen LogP contribution in [0.1, 0.15) is 5.69 Å². The Morgan fingerprint density at radius 2 is 1.71 bits per heavy atom. The Kier molecular flexibility index (Phi) is 5.51. The van der Waals surface area contributed by atoms with E-state index in [1.807, 2.05) is 42.5 Å². The highest BCUT2D eigenvalue weighted by atomic mass is 16.5. The average molecular weight is 376 g/mol. The van der Waals surface area contributed by atoms with Crippen LogP contribution in [-0.2, 0) is 6.54 Å². The van der Waals surface area contributed by atoms with E-state index in [1.165, 1.54) is 0 Å². The molecule has 1 N–H and O–H groups in total. The zero-order valence-electron chi connectivity index (χ0n) is 16.0. The molecule has 0 bridgehead atoms. The summed E-state index contributed by atoms with van der Waals surface area (Å²) in [5.41, 5.74) is 2.12. The molecule has 2 aromatic heterocycles. The minimum absolute atomic E-state index is 0.638. The number of rotatable bonds is 6. The first-order valence-electron chi connectivity index (χ1n) is 9.42. The van der Waals surface area contributed by atoms with Gasteiger partial charge in [-0.15, -0.1) is 0 Å². The smallest absolute Gasteiger partial charge is 0.142 e. The highest BCUT2D eigenvalue weighted by Gasteiger charge is 2.20. The van der Waals surface area contributed by atoms with Gasteiger partial charge in [-0.25, -0.2) is 9.97 Å². The van der Waals surface area contributed by atoms with E-state index in [2.05, 4.69) is 36.1 Å². The Morgan fingerprint density at radius 3 is 2.50 bits per heavy atom. The van der Waals surface area contributed by atoms with Crippen LogP contribution in [0.2, 0.25) is 0 Å². The number of aromatic nitrogens is 3. The van der Waals surface area contributed by atoms with Gasteiger partial charge in [0.1, 0.15) is 23.7 Å². The number of pyridine rings is 1. The number of nitrogens with one attached hydrogen (secondary N) is 1. The summed E-state index contributed by atoms with van der Waals surface area (Å²) >= 11 is 0. The Balaban J connectivity index is 1.38. The summed E-state index contributed by atoms with van der Waals surface area (Å²) in [6.45, 7) is 4.27. The third-order valence-electron chi connectivity index (χ3n) is 4.86. The molecule has 28 heavy (non-hydrogen) atoms. The molecule has 0 aliphatic carbocycles. The van der Waals surface area contributed by atoms with Gasteiger partial charge < -0.3 is 19.9 Å². The van der Waals surface area contributed by atoms with Crippen molar-refractivity contribution in [3.8, 4) is 5.75 Å². The minimum Gasteiger partial charge on any atom is -0.495 e. The minimum atomic E-state index is 0.638. The second-order valence-electron chi connectivity index (χ2n) is 6.58. The second kappa shape index (κ2) is 8.56. The van der Waals surface area contributed by atoms with E-state index in [0.717, 1.165) is 54.9 Å². The lowest BCUT2D eigenvalue weighted by Crippen LogP contribution is -2.47. The molecule has 0 saturated carbocycles. The summed E-state index contributed by atoms with van der Waals surface area (Å²) in [5, 5.41) is 3.32. The van der Waals surface area contributed by atoms with Crippen molar-refractivity contribution in [1.82, 2.24) is 15.0 Å². The largest absolute Gasteiger partial charge is 0.495 e. The Labute approximate surface area is 165 Å². The number of nitrogens with zero attached hydrogens (tertiary/aromatic N) is 5. The lowest BCUT2D eigenvalue weighted by atomic mass is 10.2. The van der Waals surface area contributed by atoms with Gasteiger partial charge >= 0.3 is 0 Å². The normalized spacial score (nSPS) is 14.0. The molecule has 1 saturated heterocycles. The molecule has 1 aliphatic rings. The topological polar surface area (TPSA) is 66.4 Å². The maximum absolute atomic E-state index is 5.50. The van der Waals surface area contributed by atoms with Crippen molar-refractivity contribution in [3.63, 3.8) is 0 Å². The third-order valence-corrected chi connectivity index (χ3v) is 4.86. The summed E-state index contributed by atoms with van der Waals surface area (Å²) in [6.07, 6.45) is 3.41. The van der Waals surface area contributed by atoms with Gasteiger partial charge in [0.25, 0.3) is 0 Å². The number of anilines is 3. The van der Waals surface area contributed by atoms with Gasteiger partial charge in [-0.3, -0.25) is 4.98 Å². The second-order valence-corrected chi connectivity index (χ2v) is 6.58. The number of methoxy groups -OCH3 is 1. The van der Waals surface area contributed by atoms with Crippen LogP contribution in [0.25, 0.3) is 0 Å². The molecule has 0 spiro atoms. The number of piperazine rings is 1. The first kappa shape index (κ1) is 18.0. The molecule has 3 heterocycles. The van der Waals surface area contributed by atoms with Crippen LogP contribution >= 0.6 is 0 Å². The maximum atomic E-state index is 5.50. The van der Waals surface area contributed by atoms with E-state index in [-0.39, 0.29) is 0 Å². The van der Waals surface area contributed by atoms with Gasteiger partial charge in [0, 0.05) is 38.4 Å². The molecule has 1 aromatic carbocycles. The summed E-state index contributed by atoms with van der Waals surface area (Å²) < 4.78 is 5.50. The highest BCUT2D eigenvalue weighted by Crippen LogP contribution is 2.29. The molecule has 0 unspecified atom stereocenters. The Morgan fingerprint density at radius 1 is 0.929 bits per heavy atom. The number of benzene rings is 1. The van der Waals surface area contributed by atoms with Crippen LogP contribution < -0.4 is 19.9 Å². The number of hydrogen-bond donors (Lipinski definition) is 1. The van der Waals surface area contributed by atoms with Crippen molar-refractivity contribution in [1.29, 1.82) is 0 Å². The van der Waals surface area contributed by atoms with Crippen LogP contribution in [0.3, 0.4) is 0 Å². The summed E-state index contributed by atoms with van der Waals surface area (Å²) in [6, 6.07) is 16.1. The van der Waals surface area contributed by atoms with Gasteiger partial charge in [-0.2, -0.15) is 0 Å². The molecular formula is C21H24N6O. The van der Waals surface area contributed by atoms with E-state index in [0.29, 0.717) is 6.54 Å². The van der Waals surface area contributed by atoms with Crippen molar-refractivity contribution >= 4 is 17.3 Å². The first-order chi connectivity index (χ1) is 13.8. The zero-order valence-corrected chi connectivity index (χ0v) is 16.0. The van der Waals surface area contributed by atoms with Gasteiger partial charge in [-0.05, 0) is 24.3 Å². The third kappa shape index (κ3) is 4.14. The van der Waals surface area contributed by atoms with E-state index in [1.54, 1.807) is 19.6 Å². The van der Waals surface area contributed by atoms with Crippen LogP contribution in [0.4, 0.5) is 17.3 Å². The van der Waals surface area contributed by atoms with Crippen LogP contribution in [-0.4, -0.2) is 48.2 Å². The quantitative estimate of drug-likeness (QED) is 0.709. The monoisotopic (exact) mass is 376 g/mol. The van der Waals surface area contributed by atoms with Crippen LogP contribution in [0.5, 0.6) is 5.75 Å². The summed E-state index contributed by atoms with van der Waals surface area (Å²) in [7, 11) is 1.72. The molecule has 7 nitrogen and oxygen atoms in total. The van der Waals surface area contributed by atoms with E-state index >= 15 is 0 Å². The maximum Gasteiger partial charge on any atom is 0.142 e. The van der Waals surface area contributed by atoms with Crippen molar-refractivity contribution in [3.05, 3.63) is 66.7 Å². The van der Waals surface area contributed by atoms with Crippen LogP contribution in [0, 0.1) is 0 Å². The molecule has 4 rings (SSSR count). The van der Waals surface area contributed by atoms with E-state index < -0.39 is 0 Å². The summed E-state index contributed by atoms with van der Waals surface area (Å²) in [5.74, 6) is 2.67. The van der Waals surface area contributed by atoms with Gasteiger partial charge in [0.2, 0.25) is 0 Å². The zero-order chi connectivity index (χ0) is 19.2. The molecule has 0 radical (unpaired) electrons. The van der Waals surface area contributed by atoms with Gasteiger partial charge in [0.15, 0.2) is 0 Å². The highest BCUT2D eigenvalue weighted by molar-refractivity contribution is 5.60. The molecular weight excluding hydrogens is 352 g/mol. The molecule has 144 valence electrons. The average Bonchev–Trinajstić information content (AvgIpc) is 2.79. The predicted octanol–water partition coefficient (Wildman–Crippen LogP) is 2.82. The van der Waals surface area contributed by atoms with Crippen molar-refractivity contribution < 1.29 is 4.74 Å². The Hall–Kier alpha value is -3.35. The van der Waals surface area contributed by atoms with Crippen LogP contribution in [0.15, 0.2) is 61.1 Å². The molecule has 1 aliphatic heterocycles. The first-order valence-corrected chi connectivity index (χ1v) is 9.42. The predicted molar refractivity (Wildman–Crippen MR) is 111 cm³/mol. The molecule has 0 amide bonds. The van der Waals surface area contributed by atoms with E-state index in [9.17, 15) is 0 Å². The van der Waals surface area contributed by atoms with Crippen molar-refractivity contribution in [2.75, 3.05) is 48.4 Å². The van der Waals surface area contributed by atoms with E-state index in [4.69, 9.17) is 4.74 Å².